The predicted molar refractivity (Wildman–Crippen MR) is 69.3 cm³/mol. The molecule has 0 saturated carbocycles. The lowest BCUT2D eigenvalue weighted by Crippen LogP contribution is -2.04. The quantitative estimate of drug-likeness (QED) is 0.556. The highest BCUT2D eigenvalue weighted by Crippen LogP contribution is 2.24. The maximum atomic E-state index is 9.04. The molecule has 0 amide bonds. The van der Waals surface area contributed by atoms with Crippen LogP contribution in [-0.4, -0.2) is 32.7 Å². The average Bonchev–Trinajstić information content (AvgIpc) is 2.42. The maximum Gasteiger partial charge on any atom is 0.102 e. The van der Waals surface area contributed by atoms with Gasteiger partial charge in [0.05, 0.1) is 30.9 Å². The molecule has 0 spiro atoms. The van der Waals surface area contributed by atoms with E-state index in [9.17, 15) is 0 Å². The maximum absolute atomic E-state index is 9.04. The van der Waals surface area contributed by atoms with Gasteiger partial charge >= 0.3 is 0 Å². The van der Waals surface area contributed by atoms with Gasteiger partial charge in [-0.2, -0.15) is 10.5 Å². The van der Waals surface area contributed by atoms with Crippen molar-refractivity contribution >= 4 is 11.8 Å². The molecule has 1 rings (SSSR count). The zero-order valence-corrected chi connectivity index (χ0v) is 11.0. The van der Waals surface area contributed by atoms with E-state index in [1.165, 1.54) is 11.8 Å². The van der Waals surface area contributed by atoms with Crippen molar-refractivity contribution in [3.8, 4) is 12.1 Å². The van der Waals surface area contributed by atoms with Crippen LogP contribution in [0.3, 0.4) is 0 Å². The number of thioether (sulfide) groups is 1. The molecular formula is C13H14N2O2S. The average molecular weight is 262 g/mol. The van der Waals surface area contributed by atoms with Crippen LogP contribution in [0.25, 0.3) is 0 Å². The lowest BCUT2D eigenvalue weighted by molar-refractivity contribution is 0.0790. The lowest BCUT2D eigenvalue weighted by atomic mass is 10.1. The summed E-state index contributed by atoms with van der Waals surface area (Å²) in [6.07, 6.45) is 0. The highest BCUT2D eigenvalue weighted by atomic mass is 32.2. The minimum atomic E-state index is 0.419. The van der Waals surface area contributed by atoms with Crippen LogP contribution in [0.2, 0.25) is 0 Å². The summed E-state index contributed by atoms with van der Waals surface area (Å²) in [6, 6.07) is 9.38. The van der Waals surface area contributed by atoms with E-state index in [0.29, 0.717) is 30.9 Å². The largest absolute Gasteiger partial charge is 0.382 e. The van der Waals surface area contributed by atoms with Crippen LogP contribution in [-0.2, 0) is 9.47 Å². The number of methoxy groups -OCH3 is 1. The van der Waals surface area contributed by atoms with E-state index < -0.39 is 0 Å². The van der Waals surface area contributed by atoms with E-state index in [1.54, 1.807) is 19.2 Å². The number of ether oxygens (including phenoxy) is 2. The van der Waals surface area contributed by atoms with Crippen molar-refractivity contribution < 1.29 is 9.47 Å². The Bertz CT molecular complexity index is 463. The summed E-state index contributed by atoms with van der Waals surface area (Å²) in [7, 11) is 1.63. The van der Waals surface area contributed by atoms with E-state index in [-0.39, 0.29) is 0 Å². The van der Waals surface area contributed by atoms with E-state index >= 15 is 0 Å². The molecular weight excluding hydrogens is 248 g/mol. The zero-order valence-electron chi connectivity index (χ0n) is 10.2. The molecule has 18 heavy (non-hydrogen) atoms. The van der Waals surface area contributed by atoms with Crippen LogP contribution in [0.4, 0.5) is 0 Å². The van der Waals surface area contributed by atoms with Crippen LogP contribution < -0.4 is 0 Å². The van der Waals surface area contributed by atoms with E-state index in [0.717, 1.165) is 10.6 Å². The fourth-order valence-electron chi connectivity index (χ4n) is 1.31. The molecule has 0 radical (unpaired) electrons. The second-order valence-corrected chi connectivity index (χ2v) is 4.49. The van der Waals surface area contributed by atoms with Gasteiger partial charge in [0, 0.05) is 17.8 Å². The number of rotatable bonds is 7. The summed E-state index contributed by atoms with van der Waals surface area (Å²) in [5.74, 6) is 0.743. The zero-order chi connectivity index (χ0) is 13.2. The molecule has 0 atom stereocenters. The third kappa shape index (κ3) is 4.38. The minimum Gasteiger partial charge on any atom is -0.382 e. The van der Waals surface area contributed by atoms with E-state index in [2.05, 4.69) is 6.07 Å². The Morgan fingerprint density at radius 3 is 2.67 bits per heavy atom. The fourth-order valence-corrected chi connectivity index (χ4v) is 2.21. The summed E-state index contributed by atoms with van der Waals surface area (Å²) in [6.45, 7) is 1.74. The first-order valence-corrected chi connectivity index (χ1v) is 6.44. The van der Waals surface area contributed by atoms with Gasteiger partial charge in [0.2, 0.25) is 0 Å². The molecule has 0 aliphatic heterocycles. The first-order valence-electron chi connectivity index (χ1n) is 5.46. The summed E-state index contributed by atoms with van der Waals surface area (Å²) in [5, 5.41) is 17.9. The van der Waals surface area contributed by atoms with Crippen molar-refractivity contribution in [2.24, 2.45) is 0 Å². The fraction of sp³-hybridized carbons (Fsp3) is 0.385. The molecule has 1 aromatic rings. The van der Waals surface area contributed by atoms with Crippen LogP contribution in [0.15, 0.2) is 23.1 Å². The Morgan fingerprint density at radius 2 is 2.00 bits per heavy atom. The SMILES string of the molecule is COCCOCCSc1cccc(C#N)c1C#N. The number of benzene rings is 1. The monoisotopic (exact) mass is 262 g/mol. The van der Waals surface area contributed by atoms with Gasteiger partial charge in [0.25, 0.3) is 0 Å². The normalized spacial score (nSPS) is 9.72. The van der Waals surface area contributed by atoms with E-state index in [1.807, 2.05) is 12.1 Å². The molecule has 0 aliphatic rings. The Labute approximate surface area is 111 Å². The number of hydrogen-bond acceptors (Lipinski definition) is 5. The smallest absolute Gasteiger partial charge is 0.102 e. The van der Waals surface area contributed by atoms with Crippen LogP contribution in [0, 0.1) is 22.7 Å². The van der Waals surface area contributed by atoms with Gasteiger partial charge in [-0.15, -0.1) is 11.8 Å². The highest BCUT2D eigenvalue weighted by molar-refractivity contribution is 7.99. The first kappa shape index (κ1) is 14.5. The third-order valence-corrected chi connectivity index (χ3v) is 3.20. The second-order valence-electron chi connectivity index (χ2n) is 3.36. The molecule has 1 aromatic carbocycles. The van der Waals surface area contributed by atoms with Crippen molar-refractivity contribution in [3.05, 3.63) is 29.3 Å². The van der Waals surface area contributed by atoms with E-state index in [4.69, 9.17) is 20.0 Å². The predicted octanol–water partition coefficient (Wildman–Crippen LogP) is 2.19. The standard InChI is InChI=1S/C13H14N2O2S/c1-16-5-6-17-7-8-18-13-4-2-3-11(9-14)12(13)10-15/h2-4H,5-8H2,1H3. The number of nitriles is 2. The molecule has 0 unspecified atom stereocenters. The summed E-state index contributed by atoms with van der Waals surface area (Å²) in [5.41, 5.74) is 0.865. The molecule has 5 heteroatoms. The third-order valence-electron chi connectivity index (χ3n) is 2.18. The molecule has 0 aliphatic carbocycles. The van der Waals surface area contributed by atoms with Gasteiger partial charge in [0.1, 0.15) is 12.1 Å². The van der Waals surface area contributed by atoms with Gasteiger partial charge in [-0.3, -0.25) is 0 Å². The molecule has 0 N–H and O–H groups in total. The van der Waals surface area contributed by atoms with Crippen LogP contribution in [0.5, 0.6) is 0 Å². The Morgan fingerprint density at radius 1 is 1.17 bits per heavy atom. The van der Waals surface area contributed by atoms with Gasteiger partial charge in [-0.05, 0) is 12.1 Å². The first-order chi connectivity index (χ1) is 8.83. The Kier molecular flexibility index (Phi) is 6.90. The Hall–Kier alpha value is -1.53. The number of nitrogens with zero attached hydrogens (tertiary/aromatic N) is 2. The van der Waals surface area contributed by atoms with Crippen molar-refractivity contribution in [3.63, 3.8) is 0 Å². The van der Waals surface area contributed by atoms with Gasteiger partial charge < -0.3 is 9.47 Å². The topological polar surface area (TPSA) is 66.0 Å². The van der Waals surface area contributed by atoms with Gasteiger partial charge in [-0.25, -0.2) is 0 Å². The summed E-state index contributed by atoms with van der Waals surface area (Å²) < 4.78 is 10.2. The van der Waals surface area contributed by atoms with Crippen LogP contribution in [0.1, 0.15) is 11.1 Å². The lowest BCUT2D eigenvalue weighted by Gasteiger charge is -2.05. The Balaban J connectivity index is 2.48. The number of hydrogen-bond donors (Lipinski definition) is 0. The van der Waals surface area contributed by atoms with Crippen molar-refractivity contribution in [1.82, 2.24) is 0 Å². The molecule has 94 valence electrons. The molecule has 4 nitrogen and oxygen atoms in total. The second kappa shape index (κ2) is 8.54. The van der Waals surface area contributed by atoms with Gasteiger partial charge in [-0.1, -0.05) is 6.07 Å². The van der Waals surface area contributed by atoms with Crippen molar-refractivity contribution in [2.45, 2.75) is 4.90 Å². The summed E-state index contributed by atoms with van der Waals surface area (Å²) >= 11 is 1.52. The summed E-state index contributed by atoms with van der Waals surface area (Å²) in [4.78, 5) is 0.826. The minimum absolute atomic E-state index is 0.419. The van der Waals surface area contributed by atoms with Crippen molar-refractivity contribution in [2.75, 3.05) is 32.7 Å². The highest BCUT2D eigenvalue weighted by Gasteiger charge is 2.07. The van der Waals surface area contributed by atoms with Crippen molar-refractivity contribution in [1.29, 1.82) is 10.5 Å². The molecule has 0 fully saturated rings. The molecule has 0 saturated heterocycles. The molecule has 0 aromatic heterocycles. The molecule has 0 bridgehead atoms. The molecule has 0 heterocycles. The van der Waals surface area contributed by atoms with Gasteiger partial charge in [0.15, 0.2) is 0 Å². The van der Waals surface area contributed by atoms with Crippen LogP contribution >= 0.6 is 11.8 Å².